The second kappa shape index (κ2) is 10.7. The van der Waals surface area contributed by atoms with Gasteiger partial charge in [-0.2, -0.15) is 0 Å². The summed E-state index contributed by atoms with van der Waals surface area (Å²) in [4.78, 5) is 18.8. The molecule has 0 saturated heterocycles. The van der Waals surface area contributed by atoms with E-state index in [1.165, 1.54) is 24.0 Å². The molecule has 0 bridgehead atoms. The highest BCUT2D eigenvalue weighted by Crippen LogP contribution is 2.33. The van der Waals surface area contributed by atoms with Gasteiger partial charge in [0.1, 0.15) is 0 Å². The fourth-order valence-corrected chi connectivity index (χ4v) is 5.76. The minimum absolute atomic E-state index is 0.0237. The van der Waals surface area contributed by atoms with Gasteiger partial charge in [-0.15, -0.1) is 5.10 Å². The molecule has 7 nitrogen and oxygen atoms in total. The average molecular weight is 485 g/mol. The molecule has 1 unspecified atom stereocenters. The van der Waals surface area contributed by atoms with Crippen LogP contribution in [-0.2, 0) is 13.0 Å². The summed E-state index contributed by atoms with van der Waals surface area (Å²) in [6.45, 7) is 7.68. The molecular weight excluding hydrogens is 448 g/mol. The number of aromatic nitrogens is 5. The number of benzene rings is 2. The topological polar surface area (TPSA) is 79.7 Å². The van der Waals surface area contributed by atoms with Crippen LogP contribution in [0.3, 0.4) is 0 Å². The summed E-state index contributed by atoms with van der Waals surface area (Å²) in [6, 6.07) is 17.3. The maximum absolute atomic E-state index is 13.2. The van der Waals surface area contributed by atoms with Gasteiger partial charge in [0.2, 0.25) is 0 Å². The van der Waals surface area contributed by atoms with E-state index in [2.05, 4.69) is 86.4 Å². The third-order valence-electron chi connectivity index (χ3n) is 7.59. The number of nitrogens with one attached hydrogen (secondary N) is 1. The number of pyridine rings is 1. The van der Waals surface area contributed by atoms with Gasteiger partial charge < -0.3 is 4.98 Å². The summed E-state index contributed by atoms with van der Waals surface area (Å²) in [5.74, 6) is 0.918. The Morgan fingerprint density at radius 2 is 1.89 bits per heavy atom. The predicted octanol–water partition coefficient (Wildman–Crippen LogP) is 5.44. The van der Waals surface area contributed by atoms with E-state index in [9.17, 15) is 4.79 Å². The standard InChI is InChI=1S/C29H36N6O/c1-4-26(28-31-32-33-35(28)25-12-8-9-13-25)34(15-14-22-10-6-5-7-11-22)19-24-18-23-17-20(2)16-21(3)27(23)30-29(24)36/h5-7,10-11,16-18,25-26H,4,8-9,12-15,19H2,1-3H3,(H,30,36). The van der Waals surface area contributed by atoms with Crippen LogP contribution in [0.4, 0.5) is 0 Å². The molecule has 7 heteroatoms. The molecule has 36 heavy (non-hydrogen) atoms. The molecule has 2 aromatic heterocycles. The van der Waals surface area contributed by atoms with Gasteiger partial charge in [0, 0.05) is 18.7 Å². The van der Waals surface area contributed by atoms with Crippen molar-refractivity contribution in [3.8, 4) is 0 Å². The van der Waals surface area contributed by atoms with E-state index in [0.717, 1.165) is 60.1 Å². The summed E-state index contributed by atoms with van der Waals surface area (Å²) in [6.07, 6.45) is 6.47. The highest BCUT2D eigenvalue weighted by atomic mass is 16.1. The Morgan fingerprint density at radius 1 is 1.11 bits per heavy atom. The van der Waals surface area contributed by atoms with E-state index >= 15 is 0 Å². The Morgan fingerprint density at radius 3 is 2.64 bits per heavy atom. The van der Waals surface area contributed by atoms with E-state index in [0.29, 0.717) is 12.6 Å². The number of aryl methyl sites for hydroxylation is 2. The normalized spacial score (nSPS) is 15.2. The van der Waals surface area contributed by atoms with Crippen molar-refractivity contribution in [3.05, 3.63) is 87.0 Å². The molecule has 4 aromatic rings. The molecule has 0 spiro atoms. The van der Waals surface area contributed by atoms with E-state index in [1.807, 2.05) is 13.0 Å². The van der Waals surface area contributed by atoms with Crippen molar-refractivity contribution < 1.29 is 0 Å². The zero-order valence-electron chi connectivity index (χ0n) is 21.6. The second-order valence-corrected chi connectivity index (χ2v) is 10.2. The third-order valence-corrected chi connectivity index (χ3v) is 7.59. The van der Waals surface area contributed by atoms with Crippen molar-refractivity contribution in [1.82, 2.24) is 30.1 Å². The summed E-state index contributed by atoms with van der Waals surface area (Å²) < 4.78 is 2.06. The number of aromatic amines is 1. The highest BCUT2D eigenvalue weighted by Gasteiger charge is 2.29. The predicted molar refractivity (Wildman–Crippen MR) is 143 cm³/mol. The van der Waals surface area contributed by atoms with Crippen molar-refractivity contribution in [2.75, 3.05) is 6.54 Å². The first kappa shape index (κ1) is 24.4. The summed E-state index contributed by atoms with van der Waals surface area (Å²) in [5.41, 5.74) is 5.25. The van der Waals surface area contributed by atoms with Crippen LogP contribution in [0.25, 0.3) is 10.9 Å². The van der Waals surface area contributed by atoms with Gasteiger partial charge in [-0.05, 0) is 78.6 Å². The Kier molecular flexibility index (Phi) is 7.28. The minimum atomic E-state index is -0.0237. The van der Waals surface area contributed by atoms with Gasteiger partial charge in [-0.25, -0.2) is 4.68 Å². The number of rotatable bonds is 9. The smallest absolute Gasteiger partial charge is 0.252 e. The number of hydrogen-bond donors (Lipinski definition) is 1. The lowest BCUT2D eigenvalue weighted by molar-refractivity contribution is 0.169. The molecule has 1 aliphatic rings. The van der Waals surface area contributed by atoms with Crippen molar-refractivity contribution in [1.29, 1.82) is 0 Å². The number of nitrogens with zero attached hydrogens (tertiary/aromatic N) is 5. The van der Waals surface area contributed by atoms with Crippen molar-refractivity contribution >= 4 is 10.9 Å². The zero-order chi connectivity index (χ0) is 25.1. The molecule has 0 radical (unpaired) electrons. The number of fused-ring (bicyclic) bond motifs is 1. The SMILES string of the molecule is CCC(c1nnnn1C1CCCC1)N(CCc1ccccc1)Cc1cc2cc(C)cc(C)c2[nH]c1=O. The molecule has 1 aliphatic carbocycles. The average Bonchev–Trinajstić information content (AvgIpc) is 3.57. The number of H-pyrrole nitrogens is 1. The van der Waals surface area contributed by atoms with Gasteiger partial charge >= 0.3 is 0 Å². The van der Waals surface area contributed by atoms with Crippen LogP contribution in [-0.4, -0.2) is 36.6 Å². The fourth-order valence-electron chi connectivity index (χ4n) is 5.76. The quantitative estimate of drug-likeness (QED) is 0.342. The molecule has 188 valence electrons. The Balaban J connectivity index is 1.50. The molecule has 1 N–H and O–H groups in total. The molecule has 0 aliphatic heterocycles. The summed E-state index contributed by atoms with van der Waals surface area (Å²) in [7, 11) is 0. The van der Waals surface area contributed by atoms with E-state index in [-0.39, 0.29) is 11.6 Å². The maximum Gasteiger partial charge on any atom is 0.252 e. The van der Waals surface area contributed by atoms with E-state index in [1.54, 1.807) is 0 Å². The summed E-state index contributed by atoms with van der Waals surface area (Å²) >= 11 is 0. The van der Waals surface area contributed by atoms with Crippen LogP contribution < -0.4 is 5.56 Å². The van der Waals surface area contributed by atoms with Gasteiger partial charge in [0.25, 0.3) is 5.56 Å². The molecule has 0 amide bonds. The molecular formula is C29H36N6O. The van der Waals surface area contributed by atoms with Crippen LogP contribution >= 0.6 is 0 Å². The molecule has 2 heterocycles. The van der Waals surface area contributed by atoms with Crippen molar-refractivity contribution in [3.63, 3.8) is 0 Å². The monoisotopic (exact) mass is 484 g/mol. The fraction of sp³-hybridized carbons (Fsp3) is 0.448. The highest BCUT2D eigenvalue weighted by molar-refractivity contribution is 5.82. The Bertz CT molecular complexity index is 1370. The lowest BCUT2D eigenvalue weighted by Gasteiger charge is -2.31. The van der Waals surface area contributed by atoms with Crippen LogP contribution in [0.15, 0.2) is 53.3 Å². The lowest BCUT2D eigenvalue weighted by Crippen LogP contribution is -2.34. The Labute approximate surface area is 212 Å². The van der Waals surface area contributed by atoms with Gasteiger partial charge in [0.05, 0.1) is 17.6 Å². The lowest BCUT2D eigenvalue weighted by atomic mass is 10.0. The number of hydrogen-bond acceptors (Lipinski definition) is 5. The van der Waals surface area contributed by atoms with E-state index < -0.39 is 0 Å². The van der Waals surface area contributed by atoms with Gasteiger partial charge in [-0.3, -0.25) is 9.69 Å². The van der Waals surface area contributed by atoms with Gasteiger partial charge in [-0.1, -0.05) is 61.7 Å². The second-order valence-electron chi connectivity index (χ2n) is 10.2. The maximum atomic E-state index is 13.2. The molecule has 1 saturated carbocycles. The molecule has 1 atom stereocenters. The van der Waals surface area contributed by atoms with Crippen LogP contribution in [0.1, 0.15) is 79.2 Å². The molecule has 2 aromatic carbocycles. The van der Waals surface area contributed by atoms with E-state index in [4.69, 9.17) is 0 Å². The van der Waals surface area contributed by atoms with Crippen LogP contribution in [0, 0.1) is 13.8 Å². The molecule has 5 rings (SSSR count). The van der Waals surface area contributed by atoms with Crippen molar-refractivity contribution in [2.24, 2.45) is 0 Å². The molecule has 1 fully saturated rings. The first-order valence-corrected chi connectivity index (χ1v) is 13.2. The van der Waals surface area contributed by atoms with Crippen LogP contribution in [0.2, 0.25) is 0 Å². The number of tetrazole rings is 1. The van der Waals surface area contributed by atoms with Crippen molar-refractivity contribution in [2.45, 2.75) is 77.9 Å². The first-order valence-electron chi connectivity index (χ1n) is 13.2. The zero-order valence-corrected chi connectivity index (χ0v) is 21.6. The summed E-state index contributed by atoms with van der Waals surface area (Å²) in [5, 5.41) is 14.1. The minimum Gasteiger partial charge on any atom is -0.321 e. The van der Waals surface area contributed by atoms with Crippen LogP contribution in [0.5, 0.6) is 0 Å². The largest absolute Gasteiger partial charge is 0.321 e. The Hall–Kier alpha value is -3.32. The van der Waals surface area contributed by atoms with Gasteiger partial charge in [0.15, 0.2) is 5.82 Å². The first-order chi connectivity index (χ1) is 17.5. The third kappa shape index (κ3) is 5.12.